The summed E-state index contributed by atoms with van der Waals surface area (Å²) < 4.78 is 5.24. The van der Waals surface area contributed by atoms with E-state index in [1.807, 2.05) is 0 Å². The molecule has 1 rings (SSSR count). The first kappa shape index (κ1) is 13.5. The van der Waals surface area contributed by atoms with Gasteiger partial charge in [0.1, 0.15) is 12.2 Å². The molecular weight excluding hydrogens is 226 g/mol. The molecule has 7 nitrogen and oxygen atoms in total. The number of nitrogens with zero attached hydrogens (tertiary/aromatic N) is 1. The van der Waals surface area contributed by atoms with E-state index in [2.05, 4.69) is 6.58 Å². The highest BCUT2D eigenvalue weighted by atomic mass is 16.6. The third kappa shape index (κ3) is 2.96. The molecule has 0 saturated carbocycles. The largest absolute Gasteiger partial charge is 0.399 e. The molecule has 96 valence electrons. The summed E-state index contributed by atoms with van der Waals surface area (Å²) in [4.78, 5) is 12.2. The number of carbonyl (C=O) groups excluding carboxylic acids is 1. The van der Waals surface area contributed by atoms with E-state index in [9.17, 15) is 15.0 Å². The van der Waals surface area contributed by atoms with Crippen LogP contribution >= 0.6 is 0 Å². The number of aliphatic hydroxyl groups is 2. The molecule has 0 bridgehead atoms. The van der Waals surface area contributed by atoms with E-state index < -0.39 is 30.6 Å². The van der Waals surface area contributed by atoms with Crippen molar-refractivity contribution < 1.29 is 19.7 Å². The van der Waals surface area contributed by atoms with Crippen LogP contribution in [0.25, 0.3) is 0 Å². The Labute approximate surface area is 98.9 Å². The second kappa shape index (κ2) is 5.17. The van der Waals surface area contributed by atoms with Crippen molar-refractivity contribution in [3.8, 4) is 0 Å². The molecule has 1 fully saturated rings. The molecule has 6 N–H and O–H groups in total. The molecular formula is C10H17N3O4. The lowest BCUT2D eigenvalue weighted by Crippen LogP contribution is -2.46. The Morgan fingerprint density at radius 1 is 1.41 bits per heavy atom. The molecule has 0 radical (unpaired) electrons. The molecule has 4 atom stereocenters. The van der Waals surface area contributed by atoms with Gasteiger partial charge in [-0.15, -0.1) is 0 Å². The van der Waals surface area contributed by atoms with Crippen LogP contribution in [0.15, 0.2) is 24.6 Å². The molecule has 0 spiro atoms. The van der Waals surface area contributed by atoms with E-state index in [4.69, 9.17) is 16.2 Å². The molecule has 0 aromatic rings. The Morgan fingerprint density at radius 2 is 2.00 bits per heavy atom. The number of allylic oxidation sites excluding steroid dienone is 1. The topological polar surface area (TPSA) is 122 Å². The van der Waals surface area contributed by atoms with Gasteiger partial charge in [0.2, 0.25) is 0 Å². The van der Waals surface area contributed by atoms with Gasteiger partial charge in [0.05, 0.1) is 6.10 Å². The third-order valence-corrected chi connectivity index (χ3v) is 2.45. The number of urea groups is 1. The molecule has 7 heteroatoms. The standard InChI is InChI=1S/C10H17N3O4/c1-5(11)3-4-13(10(12)16)9-8(15)7(14)6(2)17-9/h3-4,6-9,14-15H,1,11H2,2H3,(H2,12,16)/b4-3-/t6-,7+,8?,9-/m1/s1. The van der Waals surface area contributed by atoms with Gasteiger partial charge >= 0.3 is 6.03 Å². The van der Waals surface area contributed by atoms with Crippen LogP contribution in [0.1, 0.15) is 6.92 Å². The normalized spacial score (nSPS) is 32.9. The molecule has 17 heavy (non-hydrogen) atoms. The average Bonchev–Trinajstić information content (AvgIpc) is 2.46. The van der Waals surface area contributed by atoms with Gasteiger partial charge in [-0.1, -0.05) is 6.58 Å². The summed E-state index contributed by atoms with van der Waals surface area (Å²) in [5.41, 5.74) is 10.7. The monoisotopic (exact) mass is 243 g/mol. The first-order valence-electron chi connectivity index (χ1n) is 5.06. The summed E-state index contributed by atoms with van der Waals surface area (Å²) in [6.07, 6.45) is -1.33. The lowest BCUT2D eigenvalue weighted by atomic mass is 10.1. The van der Waals surface area contributed by atoms with Crippen molar-refractivity contribution in [3.63, 3.8) is 0 Å². The maximum atomic E-state index is 11.2. The molecule has 1 aliphatic heterocycles. The lowest BCUT2D eigenvalue weighted by Gasteiger charge is -2.25. The quantitative estimate of drug-likeness (QED) is 0.465. The van der Waals surface area contributed by atoms with Crippen LogP contribution < -0.4 is 11.5 Å². The van der Waals surface area contributed by atoms with Gasteiger partial charge in [0.15, 0.2) is 6.23 Å². The van der Waals surface area contributed by atoms with Crippen LogP contribution in [0.3, 0.4) is 0 Å². The molecule has 0 aromatic heterocycles. The summed E-state index contributed by atoms with van der Waals surface area (Å²) >= 11 is 0. The minimum absolute atomic E-state index is 0.220. The number of hydrogen-bond donors (Lipinski definition) is 4. The molecule has 0 aliphatic carbocycles. The predicted molar refractivity (Wildman–Crippen MR) is 60.2 cm³/mol. The molecule has 1 saturated heterocycles. The van der Waals surface area contributed by atoms with Crippen LogP contribution in [0, 0.1) is 0 Å². The second-order valence-electron chi connectivity index (χ2n) is 3.85. The third-order valence-electron chi connectivity index (χ3n) is 2.45. The number of carbonyl (C=O) groups is 1. The summed E-state index contributed by atoms with van der Waals surface area (Å²) in [5.74, 6) is 0. The van der Waals surface area contributed by atoms with Gasteiger partial charge in [-0.2, -0.15) is 0 Å². The smallest absolute Gasteiger partial charge is 0.321 e. The zero-order chi connectivity index (χ0) is 13.2. The number of amides is 2. The molecule has 1 heterocycles. The fourth-order valence-corrected chi connectivity index (χ4v) is 1.52. The van der Waals surface area contributed by atoms with Crippen LogP contribution in [-0.4, -0.2) is 45.7 Å². The van der Waals surface area contributed by atoms with Crippen molar-refractivity contribution in [1.29, 1.82) is 0 Å². The Bertz CT molecular complexity index is 344. The molecule has 2 amide bonds. The van der Waals surface area contributed by atoms with E-state index in [1.54, 1.807) is 6.92 Å². The van der Waals surface area contributed by atoms with Crippen LogP contribution in [-0.2, 0) is 4.74 Å². The number of rotatable bonds is 3. The van der Waals surface area contributed by atoms with E-state index in [1.165, 1.54) is 12.3 Å². The highest BCUT2D eigenvalue weighted by Crippen LogP contribution is 2.24. The Hall–Kier alpha value is -1.57. The summed E-state index contributed by atoms with van der Waals surface area (Å²) in [5, 5.41) is 19.2. The molecule has 0 aromatic carbocycles. The average molecular weight is 243 g/mol. The summed E-state index contributed by atoms with van der Waals surface area (Å²) in [7, 11) is 0. The van der Waals surface area contributed by atoms with Crippen molar-refractivity contribution in [2.45, 2.75) is 31.5 Å². The van der Waals surface area contributed by atoms with Gasteiger partial charge in [0.25, 0.3) is 0 Å². The first-order chi connectivity index (χ1) is 7.84. The van der Waals surface area contributed by atoms with E-state index in [0.717, 1.165) is 4.90 Å². The van der Waals surface area contributed by atoms with Crippen LogP contribution in [0.5, 0.6) is 0 Å². The zero-order valence-electron chi connectivity index (χ0n) is 9.48. The van der Waals surface area contributed by atoms with E-state index in [-0.39, 0.29) is 5.70 Å². The number of nitrogens with two attached hydrogens (primary N) is 2. The first-order valence-corrected chi connectivity index (χ1v) is 5.06. The van der Waals surface area contributed by atoms with Gasteiger partial charge in [-0.25, -0.2) is 4.79 Å². The minimum atomic E-state index is -1.23. The Morgan fingerprint density at radius 3 is 2.35 bits per heavy atom. The summed E-state index contributed by atoms with van der Waals surface area (Å²) in [6, 6.07) is -0.826. The maximum absolute atomic E-state index is 11.2. The van der Waals surface area contributed by atoms with Crippen molar-refractivity contribution in [2.75, 3.05) is 0 Å². The van der Waals surface area contributed by atoms with Crippen LogP contribution in [0.4, 0.5) is 4.79 Å². The van der Waals surface area contributed by atoms with Gasteiger partial charge in [-0.05, 0) is 13.0 Å². The SMILES string of the molecule is C=C(N)/C=C\N(C(N)=O)[C@@H]1O[C@H](C)[C@H](O)C1O. The van der Waals surface area contributed by atoms with Gasteiger partial charge in [-0.3, -0.25) is 4.90 Å². The fraction of sp³-hybridized carbons (Fsp3) is 0.500. The number of hydrogen-bond acceptors (Lipinski definition) is 5. The van der Waals surface area contributed by atoms with Crippen LogP contribution in [0.2, 0.25) is 0 Å². The van der Waals surface area contributed by atoms with Crippen molar-refractivity contribution >= 4 is 6.03 Å². The second-order valence-corrected chi connectivity index (χ2v) is 3.85. The zero-order valence-corrected chi connectivity index (χ0v) is 9.48. The molecule has 1 unspecified atom stereocenters. The number of aliphatic hydroxyl groups excluding tert-OH is 2. The van der Waals surface area contributed by atoms with Crippen molar-refractivity contribution in [3.05, 3.63) is 24.6 Å². The van der Waals surface area contributed by atoms with E-state index >= 15 is 0 Å². The fourth-order valence-electron chi connectivity index (χ4n) is 1.52. The molecule has 1 aliphatic rings. The van der Waals surface area contributed by atoms with Gasteiger partial charge < -0.3 is 26.4 Å². The van der Waals surface area contributed by atoms with Crippen molar-refractivity contribution in [1.82, 2.24) is 4.90 Å². The highest BCUT2D eigenvalue weighted by Gasteiger charge is 2.43. The van der Waals surface area contributed by atoms with E-state index in [0.29, 0.717) is 0 Å². The number of primary amides is 1. The Kier molecular flexibility index (Phi) is 4.11. The maximum Gasteiger partial charge on any atom is 0.321 e. The summed E-state index contributed by atoms with van der Waals surface area (Å²) in [6.45, 7) is 5.00. The Balaban J connectivity index is 2.86. The lowest BCUT2D eigenvalue weighted by molar-refractivity contribution is -0.0474. The van der Waals surface area contributed by atoms with Crippen molar-refractivity contribution in [2.24, 2.45) is 11.5 Å². The van der Waals surface area contributed by atoms with Gasteiger partial charge in [0, 0.05) is 11.9 Å². The highest BCUT2D eigenvalue weighted by molar-refractivity contribution is 5.73. The number of ether oxygens (including phenoxy) is 1. The predicted octanol–water partition coefficient (Wildman–Crippen LogP) is -1.18. The minimum Gasteiger partial charge on any atom is -0.399 e.